The van der Waals surface area contributed by atoms with E-state index in [0.717, 1.165) is 32.1 Å². The first-order valence-corrected chi connectivity index (χ1v) is 5.73. The molecule has 1 unspecified atom stereocenters. The van der Waals surface area contributed by atoms with E-state index in [-0.39, 0.29) is 6.04 Å². The summed E-state index contributed by atoms with van der Waals surface area (Å²) in [4.78, 5) is 4.49. The van der Waals surface area contributed by atoms with Crippen LogP contribution in [0.2, 0.25) is 0 Å². The lowest BCUT2D eigenvalue weighted by Crippen LogP contribution is -2.33. The average molecular weight is 239 g/mol. The molecule has 0 amide bonds. The van der Waals surface area contributed by atoms with E-state index in [4.69, 9.17) is 0 Å². The van der Waals surface area contributed by atoms with E-state index in [1.54, 1.807) is 0 Å². The molecule has 5 heteroatoms. The summed E-state index contributed by atoms with van der Waals surface area (Å²) in [7, 11) is 0. The highest BCUT2D eigenvalue weighted by molar-refractivity contribution is 4.77. The van der Waals surface area contributed by atoms with Crippen LogP contribution in [0.25, 0.3) is 0 Å². The van der Waals surface area contributed by atoms with E-state index in [1.165, 1.54) is 0 Å². The molecule has 1 N–H and O–H groups in total. The number of hydrogen-bond acceptors (Lipinski definition) is 2. The van der Waals surface area contributed by atoms with E-state index in [2.05, 4.69) is 24.2 Å². The second-order valence-electron chi connectivity index (χ2n) is 5.31. The second-order valence-corrected chi connectivity index (χ2v) is 5.31. The fourth-order valence-corrected chi connectivity index (χ4v) is 2.02. The maximum Gasteiger partial charge on any atom is 0.413 e. The molecule has 0 bridgehead atoms. The molecule has 1 atom stereocenters. The lowest BCUT2D eigenvalue weighted by atomic mass is 9.85. The number of hydrogen-bond donors (Lipinski definition) is 1. The molecule has 0 heterocycles. The van der Waals surface area contributed by atoms with Crippen LogP contribution in [0.3, 0.4) is 0 Å². The minimum atomic E-state index is -4.25. The average Bonchev–Trinajstić information content (AvgIpc) is 2.26. The lowest BCUT2D eigenvalue weighted by molar-refractivity contribution is -0.193. The fraction of sp³-hybridized carbons (Fsp3) is 1.00. The summed E-state index contributed by atoms with van der Waals surface area (Å²) in [6.07, 6.45) is 0.716. The Kier molecular flexibility index (Phi) is 4.62. The van der Waals surface area contributed by atoms with Crippen LogP contribution < -0.4 is 5.48 Å². The molecule has 0 aliphatic heterocycles. The van der Waals surface area contributed by atoms with Gasteiger partial charge in [0.25, 0.3) is 0 Å². The SMILES string of the molecule is CC1(C)CCCC(NOCC(F)(F)F)CC1. The number of nitrogens with one attached hydrogen (secondary N) is 1. The van der Waals surface area contributed by atoms with Crippen molar-refractivity contribution in [1.29, 1.82) is 0 Å². The highest BCUT2D eigenvalue weighted by atomic mass is 19.4. The maximum absolute atomic E-state index is 11.8. The van der Waals surface area contributed by atoms with E-state index in [0.29, 0.717) is 5.41 Å². The summed E-state index contributed by atoms with van der Waals surface area (Å²) in [6.45, 7) is 3.19. The van der Waals surface area contributed by atoms with Crippen LogP contribution in [0.4, 0.5) is 13.2 Å². The predicted octanol–water partition coefficient (Wildman–Crippen LogP) is 3.43. The topological polar surface area (TPSA) is 21.3 Å². The van der Waals surface area contributed by atoms with Crippen LogP contribution in [0.5, 0.6) is 0 Å². The highest BCUT2D eigenvalue weighted by Crippen LogP contribution is 2.33. The van der Waals surface area contributed by atoms with Crippen molar-refractivity contribution in [2.45, 2.75) is 58.2 Å². The maximum atomic E-state index is 11.8. The molecule has 0 aromatic heterocycles. The van der Waals surface area contributed by atoms with Crippen molar-refractivity contribution in [3.63, 3.8) is 0 Å². The first-order valence-electron chi connectivity index (χ1n) is 5.73. The molecule has 1 aliphatic rings. The van der Waals surface area contributed by atoms with Gasteiger partial charge in [-0.3, -0.25) is 4.84 Å². The molecule has 0 aromatic rings. The van der Waals surface area contributed by atoms with Crippen molar-refractivity contribution in [2.24, 2.45) is 5.41 Å². The quantitative estimate of drug-likeness (QED) is 0.601. The van der Waals surface area contributed by atoms with Crippen LogP contribution in [0.15, 0.2) is 0 Å². The van der Waals surface area contributed by atoms with Gasteiger partial charge in [-0.2, -0.15) is 18.7 Å². The Morgan fingerprint density at radius 1 is 1.25 bits per heavy atom. The Balaban J connectivity index is 2.23. The van der Waals surface area contributed by atoms with Gasteiger partial charge in [-0.1, -0.05) is 20.3 Å². The predicted molar refractivity (Wildman–Crippen MR) is 55.8 cm³/mol. The standard InChI is InChI=1S/C11H20F3NO/c1-10(2)6-3-4-9(5-7-10)15-16-8-11(12,13)14/h9,15H,3-8H2,1-2H3. The van der Waals surface area contributed by atoms with Crippen molar-refractivity contribution < 1.29 is 18.0 Å². The van der Waals surface area contributed by atoms with E-state index >= 15 is 0 Å². The van der Waals surface area contributed by atoms with Gasteiger partial charge in [0.2, 0.25) is 0 Å². The molecule has 1 aliphatic carbocycles. The van der Waals surface area contributed by atoms with Crippen LogP contribution in [-0.4, -0.2) is 18.8 Å². The Hall–Kier alpha value is -0.290. The number of alkyl halides is 3. The summed E-state index contributed by atoms with van der Waals surface area (Å²) >= 11 is 0. The minimum absolute atomic E-state index is 0.0594. The van der Waals surface area contributed by atoms with Gasteiger partial charge in [-0.05, 0) is 31.1 Å². The van der Waals surface area contributed by atoms with Gasteiger partial charge in [0, 0.05) is 6.04 Å². The van der Waals surface area contributed by atoms with Crippen LogP contribution in [-0.2, 0) is 4.84 Å². The van der Waals surface area contributed by atoms with Crippen LogP contribution in [0.1, 0.15) is 46.0 Å². The second kappa shape index (κ2) is 5.36. The molecular formula is C11H20F3NO. The summed E-state index contributed by atoms with van der Waals surface area (Å²) in [5, 5.41) is 0. The zero-order chi connectivity index (χ0) is 12.2. The third kappa shape index (κ3) is 5.70. The molecule has 1 fully saturated rings. The summed E-state index contributed by atoms with van der Waals surface area (Å²) < 4.78 is 35.5. The molecule has 0 spiro atoms. The molecule has 16 heavy (non-hydrogen) atoms. The summed E-state index contributed by atoms with van der Waals surface area (Å²) in [5.74, 6) is 0. The van der Waals surface area contributed by atoms with Gasteiger partial charge in [-0.15, -0.1) is 0 Å². The largest absolute Gasteiger partial charge is 0.413 e. The zero-order valence-electron chi connectivity index (χ0n) is 9.86. The summed E-state index contributed by atoms with van der Waals surface area (Å²) in [5.41, 5.74) is 2.84. The Bertz CT molecular complexity index is 216. The number of halogens is 3. The van der Waals surface area contributed by atoms with Crippen molar-refractivity contribution in [2.75, 3.05) is 6.61 Å². The molecule has 96 valence electrons. The molecule has 1 saturated carbocycles. The van der Waals surface area contributed by atoms with E-state index in [9.17, 15) is 13.2 Å². The summed E-state index contributed by atoms with van der Waals surface area (Å²) in [6, 6.07) is 0.0594. The molecule has 0 saturated heterocycles. The smallest absolute Gasteiger partial charge is 0.292 e. The number of rotatable bonds is 3. The van der Waals surface area contributed by atoms with Gasteiger partial charge in [0.05, 0.1) is 0 Å². The van der Waals surface area contributed by atoms with Crippen molar-refractivity contribution in [3.8, 4) is 0 Å². The zero-order valence-corrected chi connectivity index (χ0v) is 9.86. The van der Waals surface area contributed by atoms with Crippen molar-refractivity contribution in [3.05, 3.63) is 0 Å². The van der Waals surface area contributed by atoms with Gasteiger partial charge in [0.15, 0.2) is 6.61 Å². The monoisotopic (exact) mass is 239 g/mol. The molecule has 0 radical (unpaired) electrons. The van der Waals surface area contributed by atoms with Crippen molar-refractivity contribution >= 4 is 0 Å². The highest BCUT2D eigenvalue weighted by Gasteiger charge is 2.29. The van der Waals surface area contributed by atoms with Gasteiger partial charge < -0.3 is 0 Å². The Morgan fingerprint density at radius 3 is 2.56 bits per heavy atom. The first kappa shape index (κ1) is 13.8. The fourth-order valence-electron chi connectivity index (χ4n) is 2.02. The third-order valence-electron chi connectivity index (χ3n) is 3.06. The van der Waals surface area contributed by atoms with Gasteiger partial charge >= 0.3 is 6.18 Å². The Labute approximate surface area is 94.5 Å². The van der Waals surface area contributed by atoms with Crippen LogP contribution >= 0.6 is 0 Å². The molecular weight excluding hydrogens is 219 g/mol. The Morgan fingerprint density at radius 2 is 1.94 bits per heavy atom. The molecule has 2 nitrogen and oxygen atoms in total. The minimum Gasteiger partial charge on any atom is -0.292 e. The molecule has 0 aromatic carbocycles. The third-order valence-corrected chi connectivity index (χ3v) is 3.06. The van der Waals surface area contributed by atoms with Crippen LogP contribution in [0, 0.1) is 5.41 Å². The van der Waals surface area contributed by atoms with E-state index in [1.807, 2.05) is 0 Å². The van der Waals surface area contributed by atoms with Crippen molar-refractivity contribution in [1.82, 2.24) is 5.48 Å². The molecule has 1 rings (SSSR count). The normalized spacial score (nSPS) is 26.4. The van der Waals surface area contributed by atoms with Gasteiger partial charge in [-0.25, -0.2) is 0 Å². The lowest BCUT2D eigenvalue weighted by Gasteiger charge is -2.22. The first-order chi connectivity index (χ1) is 7.29. The van der Waals surface area contributed by atoms with Gasteiger partial charge in [0.1, 0.15) is 0 Å². The number of hydroxylamine groups is 1. The van der Waals surface area contributed by atoms with E-state index < -0.39 is 12.8 Å².